The van der Waals surface area contributed by atoms with Gasteiger partial charge in [-0.15, -0.1) is 11.8 Å². The van der Waals surface area contributed by atoms with Crippen LogP contribution in [0.25, 0.3) is 0 Å². The molecule has 0 saturated heterocycles. The Hall–Kier alpha value is -1.92. The minimum absolute atomic E-state index is 0.261. The highest BCUT2D eigenvalue weighted by molar-refractivity contribution is 7.98. The number of amides is 1. The Labute approximate surface area is 121 Å². The number of benzene rings is 1. The molecule has 1 amide bonds. The molecule has 0 aliphatic rings. The van der Waals surface area contributed by atoms with Gasteiger partial charge in [0.25, 0.3) is 0 Å². The van der Waals surface area contributed by atoms with Gasteiger partial charge in [-0.05, 0) is 43.7 Å². The van der Waals surface area contributed by atoms with Crippen LogP contribution in [0.5, 0.6) is 0 Å². The molecule has 0 radical (unpaired) electrons. The summed E-state index contributed by atoms with van der Waals surface area (Å²) in [5.74, 6) is 6.32. The Balaban J connectivity index is 2.07. The van der Waals surface area contributed by atoms with Crippen molar-refractivity contribution in [2.75, 3.05) is 5.73 Å². The number of hydrogen-bond donors (Lipinski definition) is 3. The number of thioether (sulfide) groups is 1. The fraction of sp³-hybridized carbons (Fsp3) is 0.214. The minimum Gasteiger partial charge on any atom is -0.455 e. The first-order valence-corrected chi connectivity index (χ1v) is 7.09. The van der Waals surface area contributed by atoms with Gasteiger partial charge in [0.1, 0.15) is 5.76 Å². The molecular weight excluding hydrogens is 274 g/mol. The maximum atomic E-state index is 11.5. The van der Waals surface area contributed by atoms with Gasteiger partial charge in [-0.2, -0.15) is 0 Å². The monoisotopic (exact) mass is 291 g/mol. The number of nitrogen functional groups attached to an aromatic ring is 2. The van der Waals surface area contributed by atoms with Crippen molar-refractivity contribution in [3.63, 3.8) is 0 Å². The zero-order valence-corrected chi connectivity index (χ0v) is 12.2. The normalized spacial score (nSPS) is 10.6. The molecule has 0 aliphatic carbocycles. The number of carbonyl (C=O) groups is 1. The molecule has 20 heavy (non-hydrogen) atoms. The third-order valence-corrected chi connectivity index (χ3v) is 3.94. The Morgan fingerprint density at radius 2 is 2.05 bits per heavy atom. The Morgan fingerprint density at radius 1 is 1.30 bits per heavy atom. The molecule has 6 heteroatoms. The van der Waals surface area contributed by atoms with Crippen molar-refractivity contribution in [2.24, 2.45) is 5.84 Å². The lowest BCUT2D eigenvalue weighted by atomic mass is 10.2. The van der Waals surface area contributed by atoms with Crippen molar-refractivity contribution in [1.82, 2.24) is 5.43 Å². The van der Waals surface area contributed by atoms with Crippen LogP contribution < -0.4 is 17.0 Å². The Kier molecular flexibility index (Phi) is 4.36. The highest BCUT2D eigenvalue weighted by Gasteiger charge is 2.14. The number of hydrogen-bond acceptors (Lipinski definition) is 5. The second-order valence-corrected chi connectivity index (χ2v) is 5.55. The summed E-state index contributed by atoms with van der Waals surface area (Å²) in [6.07, 6.45) is 0. The van der Waals surface area contributed by atoms with Gasteiger partial charge >= 0.3 is 5.91 Å². The van der Waals surface area contributed by atoms with Crippen LogP contribution in [0.2, 0.25) is 0 Å². The summed E-state index contributed by atoms with van der Waals surface area (Å²) in [5, 5.41) is 0. The molecular formula is C14H17N3O2S. The lowest BCUT2D eigenvalue weighted by molar-refractivity contribution is 0.0923. The second kappa shape index (κ2) is 6.02. The molecule has 106 valence electrons. The molecule has 5 nitrogen and oxygen atoms in total. The zero-order valence-electron chi connectivity index (χ0n) is 11.4. The maximum absolute atomic E-state index is 11.5. The number of furan rings is 1. The fourth-order valence-electron chi connectivity index (χ4n) is 1.80. The third kappa shape index (κ3) is 3.15. The smallest absolute Gasteiger partial charge is 0.301 e. The van der Waals surface area contributed by atoms with E-state index < -0.39 is 5.91 Å². The van der Waals surface area contributed by atoms with Crippen LogP contribution in [0, 0.1) is 13.8 Å². The predicted octanol–water partition coefficient (Wildman–Crippen LogP) is 2.37. The van der Waals surface area contributed by atoms with E-state index in [1.165, 1.54) is 0 Å². The summed E-state index contributed by atoms with van der Waals surface area (Å²) in [7, 11) is 0. The minimum atomic E-state index is -0.415. The van der Waals surface area contributed by atoms with Crippen LogP contribution in [0.15, 0.2) is 33.6 Å². The van der Waals surface area contributed by atoms with Gasteiger partial charge in [-0.25, -0.2) is 5.84 Å². The maximum Gasteiger partial charge on any atom is 0.301 e. The SMILES string of the molecule is Cc1cc(SCc2cc(C)c(C(=O)NN)o2)ccc1N. The van der Waals surface area contributed by atoms with Gasteiger partial charge in [-0.1, -0.05) is 0 Å². The van der Waals surface area contributed by atoms with Crippen LogP contribution in [0.4, 0.5) is 5.69 Å². The molecule has 0 spiro atoms. The highest BCUT2D eigenvalue weighted by Crippen LogP contribution is 2.27. The highest BCUT2D eigenvalue weighted by atomic mass is 32.2. The summed E-state index contributed by atoms with van der Waals surface area (Å²) in [4.78, 5) is 12.6. The van der Waals surface area contributed by atoms with Crippen molar-refractivity contribution in [2.45, 2.75) is 24.5 Å². The Bertz CT molecular complexity index is 637. The average molecular weight is 291 g/mol. The van der Waals surface area contributed by atoms with Crippen LogP contribution >= 0.6 is 11.8 Å². The standard InChI is InChI=1S/C14H17N3O2S/c1-8-6-11(3-4-12(8)15)20-7-10-5-9(2)13(19-10)14(18)17-16/h3-6H,7,15-16H2,1-2H3,(H,17,18). The number of aryl methyl sites for hydroxylation is 2. The lowest BCUT2D eigenvalue weighted by Crippen LogP contribution is -2.30. The first kappa shape index (κ1) is 14.5. The van der Waals surface area contributed by atoms with Crippen molar-refractivity contribution in [3.8, 4) is 0 Å². The summed E-state index contributed by atoms with van der Waals surface area (Å²) in [6.45, 7) is 3.79. The number of nitrogens with one attached hydrogen (secondary N) is 1. The molecule has 1 aromatic carbocycles. The largest absolute Gasteiger partial charge is 0.455 e. The van der Waals surface area contributed by atoms with Crippen molar-refractivity contribution in [1.29, 1.82) is 0 Å². The number of hydrazine groups is 1. The summed E-state index contributed by atoms with van der Waals surface area (Å²) < 4.78 is 5.51. The van der Waals surface area contributed by atoms with E-state index in [4.69, 9.17) is 16.0 Å². The van der Waals surface area contributed by atoms with Crippen molar-refractivity contribution >= 4 is 23.4 Å². The number of carbonyl (C=O) groups excluding carboxylic acids is 1. The average Bonchev–Trinajstić information content (AvgIpc) is 2.80. The van der Waals surface area contributed by atoms with Gasteiger partial charge in [0.15, 0.2) is 5.76 Å². The van der Waals surface area contributed by atoms with Crippen molar-refractivity contribution in [3.05, 3.63) is 46.9 Å². The summed E-state index contributed by atoms with van der Waals surface area (Å²) >= 11 is 1.63. The summed E-state index contributed by atoms with van der Waals surface area (Å²) in [5.41, 5.74) is 10.5. The van der Waals surface area contributed by atoms with Crippen LogP contribution in [-0.4, -0.2) is 5.91 Å². The fourth-order valence-corrected chi connectivity index (χ4v) is 2.68. The molecule has 0 fully saturated rings. The van der Waals surface area contributed by atoms with E-state index in [1.54, 1.807) is 11.8 Å². The van der Waals surface area contributed by atoms with E-state index >= 15 is 0 Å². The van der Waals surface area contributed by atoms with Gasteiger partial charge in [0, 0.05) is 16.1 Å². The molecule has 0 saturated carbocycles. The molecule has 1 aromatic heterocycles. The summed E-state index contributed by atoms with van der Waals surface area (Å²) in [6, 6.07) is 7.74. The molecule has 2 rings (SSSR count). The molecule has 0 aliphatic heterocycles. The van der Waals surface area contributed by atoms with Gasteiger partial charge in [0.05, 0.1) is 5.75 Å². The van der Waals surface area contributed by atoms with Crippen molar-refractivity contribution < 1.29 is 9.21 Å². The van der Waals surface area contributed by atoms with E-state index in [0.29, 0.717) is 5.75 Å². The first-order chi connectivity index (χ1) is 9.51. The molecule has 5 N–H and O–H groups in total. The van der Waals surface area contributed by atoms with E-state index in [9.17, 15) is 4.79 Å². The van der Waals surface area contributed by atoms with Gasteiger partial charge in [-0.3, -0.25) is 10.2 Å². The molecule has 1 heterocycles. The topological polar surface area (TPSA) is 94.3 Å². The van der Waals surface area contributed by atoms with Crippen LogP contribution in [0.3, 0.4) is 0 Å². The van der Waals surface area contributed by atoms with E-state index in [-0.39, 0.29) is 5.76 Å². The Morgan fingerprint density at radius 3 is 2.70 bits per heavy atom. The third-order valence-electron chi connectivity index (χ3n) is 2.93. The van der Waals surface area contributed by atoms with Gasteiger partial charge < -0.3 is 10.2 Å². The van der Waals surface area contributed by atoms with Gasteiger partial charge in [0.2, 0.25) is 0 Å². The van der Waals surface area contributed by atoms with Crippen LogP contribution in [0.1, 0.15) is 27.4 Å². The molecule has 2 aromatic rings. The number of rotatable bonds is 4. The quantitative estimate of drug-likeness (QED) is 0.264. The number of anilines is 1. The number of nitrogens with two attached hydrogens (primary N) is 2. The van der Waals surface area contributed by atoms with E-state index in [1.807, 2.05) is 38.1 Å². The molecule has 0 atom stereocenters. The van der Waals surface area contributed by atoms with Crippen LogP contribution in [-0.2, 0) is 5.75 Å². The first-order valence-electron chi connectivity index (χ1n) is 6.10. The second-order valence-electron chi connectivity index (χ2n) is 4.51. The van der Waals surface area contributed by atoms with E-state index in [2.05, 4.69) is 5.43 Å². The van der Waals surface area contributed by atoms with E-state index in [0.717, 1.165) is 27.5 Å². The lowest BCUT2D eigenvalue weighted by Gasteiger charge is -2.03. The molecule has 0 bridgehead atoms. The predicted molar refractivity (Wildman–Crippen MR) is 80.3 cm³/mol. The molecule has 0 unspecified atom stereocenters. The zero-order chi connectivity index (χ0) is 14.7.